The Labute approximate surface area is 170 Å². The summed E-state index contributed by atoms with van der Waals surface area (Å²) in [5.41, 5.74) is 9.96. The molecule has 5 heteroatoms. The molecule has 0 atom stereocenters. The minimum absolute atomic E-state index is 0.988. The molecule has 2 aromatic rings. The molecule has 1 aromatic carbocycles. The Morgan fingerprint density at radius 1 is 1.25 bits per heavy atom. The second-order valence-corrected chi connectivity index (χ2v) is 6.99. The van der Waals surface area contributed by atoms with Crippen LogP contribution in [0, 0.1) is 6.92 Å². The summed E-state index contributed by atoms with van der Waals surface area (Å²) in [5.74, 6) is 1.21. The number of allylic oxidation sites excluding steroid dienone is 3. The Kier molecular flexibility index (Phi) is 10.6. The van der Waals surface area contributed by atoms with Crippen molar-refractivity contribution in [2.24, 2.45) is 5.73 Å². The van der Waals surface area contributed by atoms with E-state index >= 15 is 0 Å². The molecular formula is C23H37N5. The molecule has 28 heavy (non-hydrogen) atoms. The van der Waals surface area contributed by atoms with E-state index in [0.29, 0.717) is 0 Å². The highest BCUT2D eigenvalue weighted by molar-refractivity contribution is 5.76. The van der Waals surface area contributed by atoms with Crippen LogP contribution in [0.2, 0.25) is 0 Å². The number of hydrogen-bond acceptors (Lipinski definition) is 4. The second-order valence-electron chi connectivity index (χ2n) is 6.99. The number of dihydropyridines is 1. The predicted octanol–water partition coefficient (Wildman–Crippen LogP) is 4.34. The molecule has 0 bridgehead atoms. The number of imidazole rings is 1. The Hall–Kier alpha value is -2.69. The van der Waals surface area contributed by atoms with Gasteiger partial charge in [-0.15, -0.1) is 0 Å². The highest BCUT2D eigenvalue weighted by Crippen LogP contribution is 2.18. The molecule has 154 valence electrons. The van der Waals surface area contributed by atoms with Crippen LogP contribution in [0.3, 0.4) is 0 Å². The van der Waals surface area contributed by atoms with E-state index in [1.807, 2.05) is 19.0 Å². The number of fused-ring (bicyclic) bond motifs is 1. The molecule has 1 aliphatic heterocycles. The quantitative estimate of drug-likeness (QED) is 0.824. The molecule has 3 N–H and O–H groups in total. The first-order valence-electron chi connectivity index (χ1n) is 10.0. The zero-order valence-corrected chi connectivity index (χ0v) is 18.4. The minimum atomic E-state index is 0.988. The lowest BCUT2D eigenvalue weighted by Gasteiger charge is -2.05. The number of hydrogen-bond donors (Lipinski definition) is 2. The maximum atomic E-state index is 5.01. The summed E-state index contributed by atoms with van der Waals surface area (Å²) in [7, 11) is 3.84. The minimum Gasteiger partial charge on any atom is -0.403 e. The van der Waals surface area contributed by atoms with Crippen molar-refractivity contribution in [1.82, 2.24) is 19.8 Å². The Morgan fingerprint density at radius 3 is 2.43 bits per heavy atom. The van der Waals surface area contributed by atoms with E-state index in [0.717, 1.165) is 31.4 Å². The topological polar surface area (TPSA) is 59.1 Å². The molecule has 0 spiro atoms. The van der Waals surface area contributed by atoms with Crippen LogP contribution < -0.4 is 11.1 Å². The molecule has 0 unspecified atom stereocenters. The van der Waals surface area contributed by atoms with Crippen LogP contribution in [-0.2, 0) is 13.0 Å². The molecule has 0 fully saturated rings. The molecule has 0 radical (unpaired) electrons. The van der Waals surface area contributed by atoms with Crippen LogP contribution >= 0.6 is 0 Å². The molecule has 5 nitrogen and oxygen atoms in total. The third-order valence-corrected chi connectivity index (χ3v) is 4.11. The van der Waals surface area contributed by atoms with Crippen molar-refractivity contribution in [1.29, 1.82) is 0 Å². The van der Waals surface area contributed by atoms with Crippen molar-refractivity contribution in [3.63, 3.8) is 0 Å². The summed E-state index contributed by atoms with van der Waals surface area (Å²) in [5, 5.41) is 3.16. The van der Waals surface area contributed by atoms with Crippen LogP contribution in [0.1, 0.15) is 38.6 Å². The van der Waals surface area contributed by atoms with Gasteiger partial charge in [0.05, 0.1) is 11.0 Å². The normalized spacial score (nSPS) is 12.6. The number of aromatic nitrogens is 2. The first-order chi connectivity index (χ1) is 13.4. The van der Waals surface area contributed by atoms with Crippen LogP contribution in [0.25, 0.3) is 11.0 Å². The van der Waals surface area contributed by atoms with Crippen LogP contribution in [-0.4, -0.2) is 35.1 Å². The maximum absolute atomic E-state index is 5.01. The largest absolute Gasteiger partial charge is 0.403 e. The first-order valence-corrected chi connectivity index (χ1v) is 10.0. The maximum Gasteiger partial charge on any atom is 0.109 e. The Morgan fingerprint density at radius 2 is 2.00 bits per heavy atom. The summed E-state index contributed by atoms with van der Waals surface area (Å²) in [4.78, 5) is 6.55. The zero-order valence-electron chi connectivity index (χ0n) is 18.4. The Balaban J connectivity index is 0.000000251. The smallest absolute Gasteiger partial charge is 0.109 e. The van der Waals surface area contributed by atoms with Gasteiger partial charge in [0.25, 0.3) is 0 Å². The molecular weight excluding hydrogens is 346 g/mol. The number of aryl methyl sites for hydroxylation is 3. The summed E-state index contributed by atoms with van der Waals surface area (Å²) < 4.78 is 2.34. The number of benzene rings is 1. The van der Waals surface area contributed by atoms with Gasteiger partial charge >= 0.3 is 0 Å². The van der Waals surface area contributed by atoms with Gasteiger partial charge in [0.2, 0.25) is 0 Å². The van der Waals surface area contributed by atoms with E-state index in [1.165, 1.54) is 28.8 Å². The van der Waals surface area contributed by atoms with Crippen molar-refractivity contribution in [2.75, 3.05) is 20.6 Å². The SMILES string of the molecule is CC1=CC=CCN1.CCCn1c(CC)nc2cc(C)ccc21.CN(C)/C=C\N. The van der Waals surface area contributed by atoms with E-state index in [4.69, 9.17) is 5.73 Å². The van der Waals surface area contributed by atoms with Crippen molar-refractivity contribution >= 4 is 11.0 Å². The lowest BCUT2D eigenvalue weighted by molar-refractivity contribution is 0.562. The van der Waals surface area contributed by atoms with Crippen molar-refractivity contribution in [2.45, 2.75) is 47.1 Å². The van der Waals surface area contributed by atoms with E-state index in [1.54, 1.807) is 6.20 Å². The first kappa shape index (κ1) is 23.3. The van der Waals surface area contributed by atoms with Gasteiger partial charge in [0, 0.05) is 51.7 Å². The standard InChI is InChI=1S/C13H18N2.C6H9N.C4H10N2/c1-4-8-15-12-7-6-10(3)9-11(12)14-13(15)5-2;1-6-4-2-3-5-7-6;1-6(2)4-3-5/h6-7,9H,4-5,8H2,1-3H3;2-4,7H,5H2,1H3;3-4H,5H2,1-2H3/b;;4-3-. The van der Waals surface area contributed by atoms with Crippen LogP contribution in [0.4, 0.5) is 0 Å². The fourth-order valence-electron chi connectivity index (χ4n) is 2.76. The van der Waals surface area contributed by atoms with Gasteiger partial charge in [-0.2, -0.15) is 0 Å². The molecule has 2 heterocycles. The fraction of sp³-hybridized carbons (Fsp3) is 0.435. The average Bonchev–Trinajstić information content (AvgIpc) is 3.00. The highest BCUT2D eigenvalue weighted by Gasteiger charge is 2.07. The highest BCUT2D eigenvalue weighted by atomic mass is 15.1. The number of rotatable bonds is 4. The molecule has 0 aliphatic carbocycles. The monoisotopic (exact) mass is 383 g/mol. The fourth-order valence-corrected chi connectivity index (χ4v) is 2.76. The molecule has 0 saturated heterocycles. The van der Waals surface area contributed by atoms with Gasteiger partial charge in [-0.3, -0.25) is 0 Å². The molecule has 1 aliphatic rings. The van der Waals surface area contributed by atoms with Gasteiger partial charge < -0.3 is 20.5 Å². The summed E-state index contributed by atoms with van der Waals surface area (Å²) in [6.07, 6.45) is 11.7. The van der Waals surface area contributed by atoms with Gasteiger partial charge in [-0.05, 0) is 44.0 Å². The lowest BCUT2D eigenvalue weighted by Crippen LogP contribution is -2.12. The van der Waals surface area contributed by atoms with E-state index in [2.05, 4.69) is 79.0 Å². The zero-order chi connectivity index (χ0) is 20.9. The van der Waals surface area contributed by atoms with Crippen molar-refractivity contribution < 1.29 is 0 Å². The summed E-state index contributed by atoms with van der Waals surface area (Å²) in [6, 6.07) is 6.52. The molecule has 0 saturated carbocycles. The van der Waals surface area contributed by atoms with Gasteiger partial charge in [-0.25, -0.2) is 4.98 Å². The molecule has 0 amide bonds. The van der Waals surface area contributed by atoms with E-state index < -0.39 is 0 Å². The number of nitrogens with one attached hydrogen (secondary N) is 1. The van der Waals surface area contributed by atoms with Crippen LogP contribution in [0.5, 0.6) is 0 Å². The van der Waals surface area contributed by atoms with Crippen molar-refractivity contribution in [3.05, 3.63) is 65.9 Å². The lowest BCUT2D eigenvalue weighted by atomic mass is 10.2. The third-order valence-electron chi connectivity index (χ3n) is 4.11. The Bertz CT molecular complexity index is 797. The number of nitrogens with two attached hydrogens (primary N) is 1. The predicted molar refractivity (Wildman–Crippen MR) is 122 cm³/mol. The van der Waals surface area contributed by atoms with Gasteiger partial charge in [-0.1, -0.05) is 32.1 Å². The van der Waals surface area contributed by atoms with Gasteiger partial charge in [0.15, 0.2) is 0 Å². The van der Waals surface area contributed by atoms with E-state index in [9.17, 15) is 0 Å². The van der Waals surface area contributed by atoms with Crippen LogP contribution in [0.15, 0.2) is 54.5 Å². The number of nitrogens with zero attached hydrogens (tertiary/aromatic N) is 3. The third kappa shape index (κ3) is 7.91. The molecule has 1 aromatic heterocycles. The summed E-state index contributed by atoms with van der Waals surface area (Å²) >= 11 is 0. The average molecular weight is 384 g/mol. The van der Waals surface area contributed by atoms with Crippen molar-refractivity contribution in [3.8, 4) is 0 Å². The van der Waals surface area contributed by atoms with E-state index in [-0.39, 0.29) is 0 Å². The second kappa shape index (κ2) is 12.7. The van der Waals surface area contributed by atoms with Gasteiger partial charge in [0.1, 0.15) is 5.82 Å². The molecule has 3 rings (SSSR count). The summed E-state index contributed by atoms with van der Waals surface area (Å²) in [6.45, 7) is 10.6.